The van der Waals surface area contributed by atoms with Crippen LogP contribution in [-0.4, -0.2) is 74.8 Å². The maximum Gasteiger partial charge on any atom is 0.193 e. The second-order valence-corrected chi connectivity index (χ2v) is 7.46. The summed E-state index contributed by atoms with van der Waals surface area (Å²) in [5.41, 5.74) is 0. The maximum absolute atomic E-state index is 5.43. The molecular weight excluding hydrogens is 455 g/mol. The highest BCUT2D eigenvalue weighted by Gasteiger charge is 2.19. The van der Waals surface area contributed by atoms with E-state index in [1.165, 1.54) is 12.8 Å². The smallest absolute Gasteiger partial charge is 0.193 e. The van der Waals surface area contributed by atoms with Crippen LogP contribution in [0.2, 0.25) is 0 Å². The van der Waals surface area contributed by atoms with Gasteiger partial charge in [-0.3, -0.25) is 9.89 Å². The summed E-state index contributed by atoms with van der Waals surface area (Å²) in [6.07, 6.45) is 6.32. The van der Waals surface area contributed by atoms with Crippen molar-refractivity contribution in [1.29, 1.82) is 0 Å². The van der Waals surface area contributed by atoms with Crippen molar-refractivity contribution in [3.63, 3.8) is 0 Å². The molecule has 0 amide bonds. The van der Waals surface area contributed by atoms with Gasteiger partial charge in [0.15, 0.2) is 5.96 Å². The number of rotatable bonds is 7. The molecule has 6 nitrogen and oxygen atoms in total. The third kappa shape index (κ3) is 7.99. The van der Waals surface area contributed by atoms with Gasteiger partial charge in [0.25, 0.3) is 0 Å². The van der Waals surface area contributed by atoms with Gasteiger partial charge in [-0.1, -0.05) is 6.92 Å². The van der Waals surface area contributed by atoms with Crippen molar-refractivity contribution < 1.29 is 9.15 Å². The Morgan fingerprint density at radius 2 is 2.15 bits per heavy atom. The molecule has 2 aliphatic heterocycles. The summed E-state index contributed by atoms with van der Waals surface area (Å²) in [6.45, 7) is 11.3. The number of furan rings is 1. The molecule has 1 aromatic heterocycles. The highest BCUT2D eigenvalue weighted by molar-refractivity contribution is 14.0. The second-order valence-electron chi connectivity index (χ2n) is 7.46. The van der Waals surface area contributed by atoms with Crippen LogP contribution >= 0.6 is 24.0 Å². The molecule has 1 N–H and O–H groups in total. The summed E-state index contributed by atoms with van der Waals surface area (Å²) in [5, 5.41) is 3.57. The lowest BCUT2D eigenvalue weighted by Gasteiger charge is -2.33. The molecule has 3 heterocycles. The van der Waals surface area contributed by atoms with Crippen LogP contribution in [0.4, 0.5) is 0 Å². The number of aliphatic imine (C=N–C) groups is 1. The molecule has 0 bridgehead atoms. The zero-order chi connectivity index (χ0) is 18.0. The van der Waals surface area contributed by atoms with Crippen molar-refractivity contribution in [3.05, 3.63) is 24.2 Å². The number of piperidine rings is 1. The first-order valence-corrected chi connectivity index (χ1v) is 10.2. The molecule has 154 valence electrons. The summed E-state index contributed by atoms with van der Waals surface area (Å²) in [5.74, 6) is 2.84. The minimum absolute atomic E-state index is 0. The molecular formula is C20H35IN4O2. The van der Waals surface area contributed by atoms with E-state index in [4.69, 9.17) is 14.1 Å². The number of halogens is 1. The van der Waals surface area contributed by atoms with E-state index < -0.39 is 0 Å². The number of morpholine rings is 1. The van der Waals surface area contributed by atoms with Crippen molar-refractivity contribution in [1.82, 2.24) is 15.1 Å². The standard InChI is InChI=1S/C20H34N4O2.HI/c1-18-5-2-11-24(17-18)20(22-9-7-19-6-3-14-26-19)21-8-4-10-23-12-15-25-16-13-23;/h3,6,14,18H,2,4-5,7-13,15-17H2,1H3,(H,21,22);1H. The van der Waals surface area contributed by atoms with Crippen LogP contribution in [0.5, 0.6) is 0 Å². The van der Waals surface area contributed by atoms with E-state index in [1.807, 2.05) is 12.1 Å². The van der Waals surface area contributed by atoms with Crippen molar-refractivity contribution in [2.45, 2.75) is 32.6 Å². The van der Waals surface area contributed by atoms with Gasteiger partial charge < -0.3 is 19.4 Å². The van der Waals surface area contributed by atoms with Crippen LogP contribution in [0.25, 0.3) is 0 Å². The highest BCUT2D eigenvalue weighted by Crippen LogP contribution is 2.15. The fraction of sp³-hybridized carbons (Fsp3) is 0.750. The predicted octanol–water partition coefficient (Wildman–Crippen LogP) is 2.84. The van der Waals surface area contributed by atoms with E-state index in [1.54, 1.807) is 6.26 Å². The predicted molar refractivity (Wildman–Crippen MR) is 120 cm³/mol. The molecule has 0 radical (unpaired) electrons. The maximum atomic E-state index is 5.43. The SMILES string of the molecule is CC1CCCN(C(=NCCCN2CCOCC2)NCCc2ccco2)C1.I. The minimum Gasteiger partial charge on any atom is -0.469 e. The number of likely N-dealkylation sites (tertiary alicyclic amines) is 1. The largest absolute Gasteiger partial charge is 0.469 e. The molecule has 0 aliphatic carbocycles. The van der Waals surface area contributed by atoms with Crippen LogP contribution in [0.15, 0.2) is 27.8 Å². The van der Waals surface area contributed by atoms with Crippen LogP contribution in [0.3, 0.4) is 0 Å². The van der Waals surface area contributed by atoms with Gasteiger partial charge in [-0.2, -0.15) is 0 Å². The Hall–Kier alpha value is -0.800. The molecule has 2 saturated heterocycles. The Morgan fingerprint density at radius 3 is 2.89 bits per heavy atom. The molecule has 27 heavy (non-hydrogen) atoms. The average molecular weight is 490 g/mol. The normalized spacial score (nSPS) is 21.7. The summed E-state index contributed by atoms with van der Waals surface area (Å²) >= 11 is 0. The van der Waals surface area contributed by atoms with E-state index >= 15 is 0 Å². The molecule has 1 aromatic rings. The van der Waals surface area contributed by atoms with Gasteiger partial charge in [-0.25, -0.2) is 0 Å². The lowest BCUT2D eigenvalue weighted by atomic mass is 10.0. The van der Waals surface area contributed by atoms with Gasteiger partial charge in [0.2, 0.25) is 0 Å². The highest BCUT2D eigenvalue weighted by atomic mass is 127. The lowest BCUT2D eigenvalue weighted by molar-refractivity contribution is 0.0377. The monoisotopic (exact) mass is 490 g/mol. The zero-order valence-corrected chi connectivity index (χ0v) is 18.9. The van der Waals surface area contributed by atoms with Crippen LogP contribution < -0.4 is 5.32 Å². The van der Waals surface area contributed by atoms with Crippen LogP contribution in [0, 0.1) is 5.92 Å². The van der Waals surface area contributed by atoms with E-state index in [0.29, 0.717) is 0 Å². The molecule has 0 saturated carbocycles. The Kier molecular flexibility index (Phi) is 10.5. The fourth-order valence-electron chi connectivity index (χ4n) is 3.71. The molecule has 2 fully saturated rings. The van der Waals surface area contributed by atoms with E-state index in [-0.39, 0.29) is 24.0 Å². The molecule has 1 atom stereocenters. The first-order valence-electron chi connectivity index (χ1n) is 10.2. The van der Waals surface area contributed by atoms with E-state index in [0.717, 1.165) is 89.5 Å². The number of guanidine groups is 1. The Bertz CT molecular complexity index is 532. The second kappa shape index (κ2) is 12.6. The van der Waals surface area contributed by atoms with Crippen molar-refractivity contribution in [2.75, 3.05) is 59.0 Å². The van der Waals surface area contributed by atoms with Gasteiger partial charge in [0.1, 0.15) is 5.76 Å². The van der Waals surface area contributed by atoms with Gasteiger partial charge in [0.05, 0.1) is 19.5 Å². The molecule has 1 unspecified atom stereocenters. The lowest BCUT2D eigenvalue weighted by Crippen LogP contribution is -2.47. The van der Waals surface area contributed by atoms with Crippen molar-refractivity contribution in [3.8, 4) is 0 Å². The quantitative estimate of drug-likeness (QED) is 0.276. The topological polar surface area (TPSA) is 53.2 Å². The summed E-state index contributed by atoms with van der Waals surface area (Å²) in [7, 11) is 0. The Labute approximate surface area is 180 Å². The zero-order valence-electron chi connectivity index (χ0n) is 16.6. The van der Waals surface area contributed by atoms with Gasteiger partial charge in [-0.05, 0) is 37.3 Å². The number of nitrogens with one attached hydrogen (secondary N) is 1. The number of hydrogen-bond donors (Lipinski definition) is 1. The molecule has 2 aliphatic rings. The van der Waals surface area contributed by atoms with E-state index in [9.17, 15) is 0 Å². The summed E-state index contributed by atoms with van der Waals surface area (Å²) in [6, 6.07) is 3.98. The van der Waals surface area contributed by atoms with Crippen LogP contribution in [-0.2, 0) is 11.2 Å². The Balaban J connectivity index is 0.00000261. The number of ether oxygens (including phenoxy) is 1. The van der Waals surface area contributed by atoms with Crippen molar-refractivity contribution >= 4 is 29.9 Å². The van der Waals surface area contributed by atoms with E-state index in [2.05, 4.69) is 22.0 Å². The fourth-order valence-corrected chi connectivity index (χ4v) is 3.71. The first kappa shape index (κ1) is 22.5. The van der Waals surface area contributed by atoms with Gasteiger partial charge in [-0.15, -0.1) is 24.0 Å². The molecule has 0 aromatic carbocycles. The van der Waals surface area contributed by atoms with Crippen molar-refractivity contribution in [2.24, 2.45) is 10.9 Å². The average Bonchev–Trinajstić information content (AvgIpc) is 3.18. The van der Waals surface area contributed by atoms with Gasteiger partial charge in [0, 0.05) is 52.2 Å². The van der Waals surface area contributed by atoms with Gasteiger partial charge >= 0.3 is 0 Å². The first-order chi connectivity index (χ1) is 12.8. The van der Waals surface area contributed by atoms with Crippen LogP contribution in [0.1, 0.15) is 31.9 Å². The minimum atomic E-state index is 0. The molecule has 7 heteroatoms. The number of nitrogens with zero attached hydrogens (tertiary/aromatic N) is 3. The summed E-state index contributed by atoms with van der Waals surface area (Å²) in [4.78, 5) is 9.84. The molecule has 3 rings (SSSR count). The molecule has 0 spiro atoms. The Morgan fingerprint density at radius 1 is 1.30 bits per heavy atom. The third-order valence-corrected chi connectivity index (χ3v) is 5.19. The summed E-state index contributed by atoms with van der Waals surface area (Å²) < 4.78 is 10.8. The third-order valence-electron chi connectivity index (χ3n) is 5.19. The number of hydrogen-bond acceptors (Lipinski definition) is 4.